The Balaban J connectivity index is 2.31. The van der Waals surface area contributed by atoms with Crippen molar-refractivity contribution in [2.45, 2.75) is 13.1 Å². The summed E-state index contributed by atoms with van der Waals surface area (Å²) in [5.74, 6) is -0.608. The van der Waals surface area contributed by atoms with Gasteiger partial charge in [-0.2, -0.15) is 13.2 Å². The van der Waals surface area contributed by atoms with Gasteiger partial charge in [0, 0.05) is 10.6 Å². The van der Waals surface area contributed by atoms with Gasteiger partial charge in [0.15, 0.2) is 0 Å². The minimum atomic E-state index is -4.60. The number of nitrogens with one attached hydrogen (secondary N) is 1. The van der Waals surface area contributed by atoms with E-state index >= 15 is 0 Å². The Hall–Kier alpha value is -2.01. The van der Waals surface area contributed by atoms with Crippen molar-refractivity contribution in [2.75, 3.05) is 5.32 Å². The number of anilines is 1. The zero-order valence-electron chi connectivity index (χ0n) is 11.0. The van der Waals surface area contributed by atoms with Crippen LogP contribution in [-0.2, 0) is 6.18 Å². The molecule has 0 radical (unpaired) electrons. The number of rotatable bonds is 2. The second kappa shape index (κ2) is 5.77. The quantitative estimate of drug-likeness (QED) is 0.837. The van der Waals surface area contributed by atoms with Crippen LogP contribution in [0.25, 0.3) is 0 Å². The second-order valence-electron chi connectivity index (χ2n) is 4.51. The van der Waals surface area contributed by atoms with Gasteiger partial charge in [-0.3, -0.25) is 4.79 Å². The summed E-state index contributed by atoms with van der Waals surface area (Å²) in [5.41, 5.74) is -0.0642. The van der Waals surface area contributed by atoms with Gasteiger partial charge >= 0.3 is 6.18 Å². The van der Waals surface area contributed by atoms with E-state index in [0.29, 0.717) is 0 Å². The lowest BCUT2D eigenvalue weighted by Crippen LogP contribution is -2.16. The number of carbonyl (C=O) groups is 1. The average molecular weight is 314 g/mol. The summed E-state index contributed by atoms with van der Waals surface area (Å²) in [6.45, 7) is 1.85. The largest absolute Gasteiger partial charge is 0.418 e. The summed E-state index contributed by atoms with van der Waals surface area (Å²) in [4.78, 5) is 12.0. The zero-order valence-corrected chi connectivity index (χ0v) is 11.7. The summed E-state index contributed by atoms with van der Waals surface area (Å²) in [6.07, 6.45) is -4.60. The molecule has 0 saturated carbocycles. The molecule has 21 heavy (non-hydrogen) atoms. The highest BCUT2D eigenvalue weighted by molar-refractivity contribution is 6.30. The Bertz CT molecular complexity index is 666. The second-order valence-corrected chi connectivity index (χ2v) is 4.94. The minimum absolute atomic E-state index is 0.0457. The van der Waals surface area contributed by atoms with Gasteiger partial charge in [-0.1, -0.05) is 29.3 Å². The van der Waals surface area contributed by atoms with Crippen LogP contribution in [-0.4, -0.2) is 5.91 Å². The van der Waals surface area contributed by atoms with Crippen LogP contribution in [0, 0.1) is 6.92 Å². The molecule has 0 aliphatic heterocycles. The van der Waals surface area contributed by atoms with Crippen molar-refractivity contribution in [3.05, 3.63) is 64.2 Å². The predicted octanol–water partition coefficient (Wildman–Crippen LogP) is 4.92. The van der Waals surface area contributed by atoms with Crippen molar-refractivity contribution in [3.8, 4) is 0 Å². The van der Waals surface area contributed by atoms with Crippen LogP contribution in [0.5, 0.6) is 0 Å². The van der Waals surface area contributed by atoms with Crippen LogP contribution in [0.3, 0.4) is 0 Å². The van der Waals surface area contributed by atoms with Gasteiger partial charge in [0.05, 0.1) is 11.3 Å². The van der Waals surface area contributed by atoms with Crippen LogP contribution >= 0.6 is 11.6 Å². The molecule has 0 aliphatic rings. The molecule has 2 rings (SSSR count). The first-order chi connectivity index (χ1) is 9.77. The van der Waals surface area contributed by atoms with Gasteiger partial charge in [0.2, 0.25) is 0 Å². The van der Waals surface area contributed by atoms with Gasteiger partial charge in [0.25, 0.3) is 5.91 Å². The van der Waals surface area contributed by atoms with Gasteiger partial charge < -0.3 is 5.32 Å². The highest BCUT2D eigenvalue weighted by Crippen LogP contribution is 2.36. The molecule has 2 aromatic rings. The van der Waals surface area contributed by atoms with Gasteiger partial charge in [-0.15, -0.1) is 0 Å². The number of carbonyl (C=O) groups excluding carboxylic acids is 1. The zero-order chi connectivity index (χ0) is 15.6. The fourth-order valence-corrected chi connectivity index (χ4v) is 1.93. The maximum absolute atomic E-state index is 12.9. The molecule has 0 heterocycles. The fraction of sp³-hybridized carbons (Fsp3) is 0.133. The summed E-state index contributed by atoms with van der Waals surface area (Å²) in [5, 5.41) is 2.22. The molecule has 0 fully saturated rings. The van der Waals surface area contributed by atoms with Crippen LogP contribution in [0.4, 0.5) is 18.9 Å². The lowest BCUT2D eigenvalue weighted by molar-refractivity contribution is -0.136. The van der Waals surface area contributed by atoms with E-state index in [0.717, 1.165) is 17.7 Å². The first-order valence-corrected chi connectivity index (χ1v) is 6.40. The van der Waals surface area contributed by atoms with E-state index in [-0.39, 0.29) is 16.3 Å². The fourth-order valence-electron chi connectivity index (χ4n) is 1.76. The smallest absolute Gasteiger partial charge is 0.321 e. The van der Waals surface area contributed by atoms with Crippen LogP contribution in [0.2, 0.25) is 5.02 Å². The maximum atomic E-state index is 12.9. The molecular formula is C15H11ClF3NO. The van der Waals surface area contributed by atoms with E-state index < -0.39 is 17.6 Å². The Morgan fingerprint density at radius 1 is 1.10 bits per heavy atom. The number of aryl methyl sites for hydroxylation is 1. The maximum Gasteiger partial charge on any atom is 0.418 e. The van der Waals surface area contributed by atoms with E-state index in [1.807, 2.05) is 6.92 Å². The van der Waals surface area contributed by atoms with Crippen molar-refractivity contribution in [3.63, 3.8) is 0 Å². The van der Waals surface area contributed by atoms with Crippen LogP contribution in [0.1, 0.15) is 21.5 Å². The molecule has 2 aromatic carbocycles. The molecule has 0 aliphatic carbocycles. The summed E-state index contributed by atoms with van der Waals surface area (Å²) < 4.78 is 38.8. The standard InChI is InChI=1S/C15H11ClF3NO/c1-9-2-4-10(5-3-9)14(21)20-13-7-6-11(16)8-12(13)15(17,18)19/h2-8H,1H3,(H,20,21). The lowest BCUT2D eigenvalue weighted by Gasteiger charge is -2.14. The topological polar surface area (TPSA) is 29.1 Å². The van der Waals surface area contributed by atoms with Crippen LogP contribution in [0.15, 0.2) is 42.5 Å². The molecule has 6 heteroatoms. The molecule has 0 aromatic heterocycles. The van der Waals surface area contributed by atoms with E-state index in [4.69, 9.17) is 11.6 Å². The van der Waals surface area contributed by atoms with E-state index in [1.54, 1.807) is 24.3 Å². The number of halogens is 4. The third kappa shape index (κ3) is 3.76. The Morgan fingerprint density at radius 2 is 1.71 bits per heavy atom. The normalized spacial score (nSPS) is 11.3. The minimum Gasteiger partial charge on any atom is -0.321 e. The van der Waals surface area contributed by atoms with Crippen molar-refractivity contribution in [2.24, 2.45) is 0 Å². The number of benzene rings is 2. The third-order valence-electron chi connectivity index (χ3n) is 2.85. The molecule has 2 nitrogen and oxygen atoms in total. The predicted molar refractivity (Wildman–Crippen MR) is 75.6 cm³/mol. The first kappa shape index (κ1) is 15.4. The van der Waals surface area contributed by atoms with Gasteiger partial charge in [0.1, 0.15) is 0 Å². The highest BCUT2D eigenvalue weighted by Gasteiger charge is 2.34. The molecule has 0 spiro atoms. The monoisotopic (exact) mass is 313 g/mol. The molecule has 110 valence electrons. The molecule has 0 atom stereocenters. The molecule has 1 amide bonds. The Labute approximate surface area is 124 Å². The van der Waals surface area contributed by atoms with E-state index in [1.165, 1.54) is 6.07 Å². The summed E-state index contributed by atoms with van der Waals surface area (Å²) in [6, 6.07) is 9.73. The number of hydrogen-bond acceptors (Lipinski definition) is 1. The number of hydrogen-bond donors (Lipinski definition) is 1. The molecule has 0 unspecified atom stereocenters. The Morgan fingerprint density at radius 3 is 2.29 bits per heavy atom. The molecule has 0 saturated heterocycles. The summed E-state index contributed by atoms with van der Waals surface area (Å²) >= 11 is 5.58. The SMILES string of the molecule is Cc1ccc(C(=O)Nc2ccc(Cl)cc2C(F)(F)F)cc1. The van der Waals surface area contributed by atoms with Crippen molar-refractivity contribution < 1.29 is 18.0 Å². The third-order valence-corrected chi connectivity index (χ3v) is 3.08. The molecular weight excluding hydrogens is 303 g/mol. The van der Waals surface area contributed by atoms with Crippen LogP contribution < -0.4 is 5.32 Å². The van der Waals surface area contributed by atoms with Gasteiger partial charge in [-0.25, -0.2) is 0 Å². The first-order valence-electron chi connectivity index (χ1n) is 6.02. The van der Waals surface area contributed by atoms with E-state index in [2.05, 4.69) is 5.32 Å². The molecule has 0 bridgehead atoms. The molecule has 1 N–H and O–H groups in total. The van der Waals surface area contributed by atoms with Gasteiger partial charge in [-0.05, 0) is 37.3 Å². The lowest BCUT2D eigenvalue weighted by atomic mass is 10.1. The highest BCUT2D eigenvalue weighted by atomic mass is 35.5. The number of alkyl halides is 3. The van der Waals surface area contributed by atoms with Crippen molar-refractivity contribution in [1.29, 1.82) is 0 Å². The average Bonchev–Trinajstić information content (AvgIpc) is 2.40. The number of amides is 1. The summed E-state index contributed by atoms with van der Waals surface area (Å²) in [7, 11) is 0. The Kier molecular flexibility index (Phi) is 4.23. The van der Waals surface area contributed by atoms with E-state index in [9.17, 15) is 18.0 Å². The van der Waals surface area contributed by atoms with Crippen molar-refractivity contribution >= 4 is 23.2 Å². The van der Waals surface area contributed by atoms with Crippen molar-refractivity contribution in [1.82, 2.24) is 0 Å².